The van der Waals surface area contributed by atoms with Crippen LogP contribution in [-0.2, 0) is 17.6 Å². The summed E-state index contributed by atoms with van der Waals surface area (Å²) in [6, 6.07) is 9.57. The highest BCUT2D eigenvalue weighted by atomic mass is 32.2. The van der Waals surface area contributed by atoms with E-state index in [0.717, 1.165) is 5.56 Å². The molecule has 9 nitrogen and oxygen atoms in total. The van der Waals surface area contributed by atoms with Gasteiger partial charge in [-0.25, -0.2) is 4.63 Å². The highest BCUT2D eigenvalue weighted by Crippen LogP contribution is 2.28. The molecule has 2 aromatic heterocycles. The molecule has 3 aromatic rings. The first-order valence-electron chi connectivity index (χ1n) is 7.21. The Morgan fingerprint density at radius 3 is 2.92 bits per heavy atom. The van der Waals surface area contributed by atoms with E-state index in [1.807, 2.05) is 18.2 Å². The first kappa shape index (κ1) is 16.7. The van der Waals surface area contributed by atoms with E-state index in [-0.39, 0.29) is 11.7 Å². The van der Waals surface area contributed by atoms with E-state index < -0.39 is 0 Å². The highest BCUT2D eigenvalue weighted by Gasteiger charge is 2.20. The van der Waals surface area contributed by atoms with E-state index in [1.54, 1.807) is 17.7 Å². The maximum Gasteiger partial charge on any atom is 0.222 e. The number of hydrogen-bond donors (Lipinski definition) is 1. The van der Waals surface area contributed by atoms with Crippen molar-refractivity contribution >= 4 is 23.5 Å². The minimum Gasteiger partial charge on any atom is -0.306 e. The van der Waals surface area contributed by atoms with Crippen LogP contribution in [0.15, 0.2) is 34.1 Å². The zero-order valence-corrected chi connectivity index (χ0v) is 14.2. The molecule has 1 aromatic carbocycles. The van der Waals surface area contributed by atoms with Crippen LogP contribution >= 0.6 is 11.8 Å². The van der Waals surface area contributed by atoms with E-state index in [4.69, 9.17) is 5.26 Å². The fourth-order valence-electron chi connectivity index (χ4n) is 2.13. The third-order valence-corrected chi connectivity index (χ3v) is 4.39. The number of nitrogens with zero attached hydrogens (tertiary/aromatic N) is 6. The monoisotopic (exact) mass is 355 g/mol. The standard InChI is InChI=1S/C15H13N7O2S/c1-9(23)17-13-12(20-24-21-13)14-18-19-15(22(14)2)25-8-11-6-4-3-5-10(11)7-16/h3-6H,8H2,1-2H3,(H,17,21,23). The van der Waals surface area contributed by atoms with Gasteiger partial charge in [-0.3, -0.25) is 4.79 Å². The molecule has 0 spiro atoms. The Balaban J connectivity index is 1.81. The number of hydrogen-bond acceptors (Lipinski definition) is 8. The van der Waals surface area contributed by atoms with Gasteiger partial charge in [0.15, 0.2) is 16.7 Å². The van der Waals surface area contributed by atoms with Crippen molar-refractivity contribution in [1.29, 1.82) is 5.26 Å². The maximum atomic E-state index is 11.2. The number of rotatable bonds is 5. The Hall–Kier alpha value is -3.19. The number of carbonyl (C=O) groups excluding carboxylic acids is 1. The van der Waals surface area contributed by atoms with Crippen LogP contribution in [0.5, 0.6) is 0 Å². The van der Waals surface area contributed by atoms with E-state index in [0.29, 0.717) is 28.0 Å². The summed E-state index contributed by atoms with van der Waals surface area (Å²) in [7, 11) is 1.78. The number of benzene rings is 1. The minimum absolute atomic E-state index is 0.189. The fraction of sp³-hybridized carbons (Fsp3) is 0.200. The van der Waals surface area contributed by atoms with E-state index in [9.17, 15) is 4.79 Å². The summed E-state index contributed by atoms with van der Waals surface area (Å²) in [4.78, 5) is 11.2. The van der Waals surface area contributed by atoms with Crippen LogP contribution in [0.3, 0.4) is 0 Å². The van der Waals surface area contributed by atoms with Crippen LogP contribution in [-0.4, -0.2) is 31.0 Å². The van der Waals surface area contributed by atoms with Crippen LogP contribution in [0.4, 0.5) is 5.82 Å². The zero-order valence-electron chi connectivity index (χ0n) is 13.4. The summed E-state index contributed by atoms with van der Waals surface area (Å²) in [6.07, 6.45) is 0. The quantitative estimate of drug-likeness (QED) is 0.689. The molecule has 126 valence electrons. The molecule has 0 radical (unpaired) electrons. The topological polar surface area (TPSA) is 123 Å². The molecule has 2 heterocycles. The van der Waals surface area contributed by atoms with Crippen molar-refractivity contribution in [3.8, 4) is 17.6 Å². The molecule has 1 N–H and O–H groups in total. The number of aromatic nitrogens is 5. The van der Waals surface area contributed by atoms with Gasteiger partial charge in [-0.1, -0.05) is 30.0 Å². The maximum absolute atomic E-state index is 11.2. The van der Waals surface area contributed by atoms with Gasteiger partial charge in [0, 0.05) is 19.7 Å². The third-order valence-electron chi connectivity index (χ3n) is 3.32. The van der Waals surface area contributed by atoms with Crippen LogP contribution in [0.25, 0.3) is 11.5 Å². The van der Waals surface area contributed by atoms with Gasteiger partial charge in [0.2, 0.25) is 11.7 Å². The fourth-order valence-corrected chi connectivity index (χ4v) is 3.04. The van der Waals surface area contributed by atoms with Gasteiger partial charge in [0.05, 0.1) is 11.6 Å². The molecule has 0 bridgehead atoms. The molecule has 0 aliphatic carbocycles. The van der Waals surface area contributed by atoms with Crippen molar-refractivity contribution in [2.24, 2.45) is 7.05 Å². The van der Waals surface area contributed by atoms with Crippen molar-refractivity contribution in [3.05, 3.63) is 35.4 Å². The number of anilines is 1. The van der Waals surface area contributed by atoms with Crippen molar-refractivity contribution in [1.82, 2.24) is 25.1 Å². The molecule has 0 aliphatic rings. The zero-order chi connectivity index (χ0) is 17.8. The first-order valence-corrected chi connectivity index (χ1v) is 8.19. The van der Waals surface area contributed by atoms with Crippen molar-refractivity contribution in [2.75, 3.05) is 5.32 Å². The molecule has 0 fully saturated rings. The molecule has 0 aliphatic heterocycles. The Labute approximate surface area is 147 Å². The molecule has 25 heavy (non-hydrogen) atoms. The van der Waals surface area contributed by atoms with E-state index >= 15 is 0 Å². The summed E-state index contributed by atoms with van der Waals surface area (Å²) < 4.78 is 6.41. The Bertz CT molecular complexity index is 957. The number of carbonyl (C=O) groups is 1. The summed E-state index contributed by atoms with van der Waals surface area (Å²) in [5.74, 6) is 0.892. The predicted octanol–water partition coefficient (Wildman–Crippen LogP) is 1.99. The van der Waals surface area contributed by atoms with Gasteiger partial charge in [-0.2, -0.15) is 5.26 Å². The lowest BCUT2D eigenvalue weighted by Gasteiger charge is -2.04. The summed E-state index contributed by atoms with van der Waals surface area (Å²) >= 11 is 1.44. The van der Waals surface area contributed by atoms with Gasteiger partial charge >= 0.3 is 0 Å². The predicted molar refractivity (Wildman–Crippen MR) is 89.3 cm³/mol. The van der Waals surface area contributed by atoms with Gasteiger partial charge in [-0.05, 0) is 21.9 Å². The van der Waals surface area contributed by atoms with Gasteiger partial charge in [0.1, 0.15) is 0 Å². The lowest BCUT2D eigenvalue weighted by Crippen LogP contribution is -2.08. The second-order valence-electron chi connectivity index (χ2n) is 5.07. The lowest BCUT2D eigenvalue weighted by atomic mass is 10.1. The minimum atomic E-state index is -0.290. The number of thioether (sulfide) groups is 1. The SMILES string of the molecule is CC(=O)Nc1nonc1-c1nnc(SCc2ccccc2C#N)n1C. The van der Waals surface area contributed by atoms with Crippen LogP contribution in [0.2, 0.25) is 0 Å². The normalized spacial score (nSPS) is 10.4. The summed E-state index contributed by atoms with van der Waals surface area (Å²) in [5, 5.41) is 28.0. The molecule has 0 saturated heterocycles. The van der Waals surface area contributed by atoms with Gasteiger partial charge in [-0.15, -0.1) is 10.2 Å². The Morgan fingerprint density at radius 2 is 2.16 bits per heavy atom. The molecule has 1 amide bonds. The van der Waals surface area contributed by atoms with Crippen LogP contribution < -0.4 is 5.32 Å². The Kier molecular flexibility index (Phi) is 4.76. The average Bonchev–Trinajstić information content (AvgIpc) is 3.19. The molecule has 3 rings (SSSR count). The first-order chi connectivity index (χ1) is 12.1. The van der Waals surface area contributed by atoms with Gasteiger partial charge in [0.25, 0.3) is 0 Å². The number of nitrogens with one attached hydrogen (secondary N) is 1. The molecule has 0 unspecified atom stereocenters. The lowest BCUT2D eigenvalue weighted by molar-refractivity contribution is -0.114. The molecule has 0 saturated carbocycles. The molecular formula is C15H13N7O2S. The van der Waals surface area contributed by atoms with Crippen molar-refractivity contribution < 1.29 is 9.42 Å². The van der Waals surface area contributed by atoms with Crippen molar-refractivity contribution in [3.63, 3.8) is 0 Å². The number of amides is 1. The van der Waals surface area contributed by atoms with E-state index in [1.165, 1.54) is 18.7 Å². The third kappa shape index (κ3) is 3.51. The molecular weight excluding hydrogens is 342 g/mol. The van der Waals surface area contributed by atoms with Crippen LogP contribution in [0, 0.1) is 11.3 Å². The molecule has 0 atom stereocenters. The van der Waals surface area contributed by atoms with E-state index in [2.05, 4.69) is 36.5 Å². The largest absolute Gasteiger partial charge is 0.306 e. The van der Waals surface area contributed by atoms with Gasteiger partial charge < -0.3 is 9.88 Å². The van der Waals surface area contributed by atoms with Crippen molar-refractivity contribution in [2.45, 2.75) is 17.8 Å². The second-order valence-corrected chi connectivity index (χ2v) is 6.01. The summed E-state index contributed by atoms with van der Waals surface area (Å²) in [5.41, 5.74) is 1.85. The average molecular weight is 355 g/mol. The Morgan fingerprint density at radius 1 is 1.36 bits per heavy atom. The smallest absolute Gasteiger partial charge is 0.222 e. The summed E-state index contributed by atoms with van der Waals surface area (Å²) in [6.45, 7) is 1.36. The highest BCUT2D eigenvalue weighted by molar-refractivity contribution is 7.98. The molecule has 10 heteroatoms. The number of nitriles is 1. The second kappa shape index (κ2) is 7.14. The van der Waals surface area contributed by atoms with Crippen LogP contribution in [0.1, 0.15) is 18.1 Å².